The first-order chi connectivity index (χ1) is 13.2. The lowest BCUT2D eigenvalue weighted by Gasteiger charge is -2.36. The average Bonchev–Trinajstić information content (AvgIpc) is 3.25. The molecule has 0 N–H and O–H groups in total. The van der Waals surface area contributed by atoms with E-state index in [2.05, 4.69) is 15.1 Å². The third-order valence-corrected chi connectivity index (χ3v) is 5.45. The van der Waals surface area contributed by atoms with E-state index in [1.165, 1.54) is 6.33 Å². The van der Waals surface area contributed by atoms with E-state index in [4.69, 9.17) is 0 Å². The molecule has 2 aliphatic rings. The number of carbonyl (C=O) groups excluding carboxylic acids is 2. The molecule has 2 fully saturated rings. The van der Waals surface area contributed by atoms with E-state index >= 15 is 0 Å². The normalized spacial score (nSPS) is 18.7. The Morgan fingerprint density at radius 2 is 2.04 bits per heavy atom. The van der Waals surface area contributed by atoms with Crippen molar-refractivity contribution in [3.63, 3.8) is 0 Å². The van der Waals surface area contributed by atoms with Gasteiger partial charge in [0.1, 0.15) is 12.7 Å². The van der Waals surface area contributed by atoms with Crippen LogP contribution in [0.5, 0.6) is 0 Å². The monoisotopic (exact) mass is 368 g/mol. The minimum Gasteiger partial charge on any atom is -0.342 e. The van der Waals surface area contributed by atoms with Crippen LogP contribution in [0.4, 0.5) is 0 Å². The lowest BCUT2D eigenvalue weighted by atomic mass is 9.94. The molecule has 8 nitrogen and oxygen atoms in total. The zero-order valence-corrected chi connectivity index (χ0v) is 15.3. The molecule has 0 atom stereocenters. The summed E-state index contributed by atoms with van der Waals surface area (Å²) < 4.78 is 1.54. The largest absolute Gasteiger partial charge is 0.342 e. The number of aromatic nitrogens is 4. The van der Waals surface area contributed by atoms with Crippen LogP contribution in [0.15, 0.2) is 31.0 Å². The number of pyridine rings is 1. The van der Waals surface area contributed by atoms with E-state index in [-0.39, 0.29) is 11.8 Å². The number of carbonyl (C=O) groups is 2. The second kappa shape index (κ2) is 7.85. The van der Waals surface area contributed by atoms with E-state index in [1.807, 2.05) is 9.80 Å². The van der Waals surface area contributed by atoms with Crippen molar-refractivity contribution < 1.29 is 9.59 Å². The molecule has 0 radical (unpaired) electrons. The number of likely N-dealkylation sites (tertiary alicyclic amines) is 2. The van der Waals surface area contributed by atoms with Gasteiger partial charge in [-0.3, -0.25) is 9.59 Å². The van der Waals surface area contributed by atoms with Gasteiger partial charge in [0.15, 0.2) is 5.82 Å². The fraction of sp³-hybridized carbons (Fsp3) is 0.526. The van der Waals surface area contributed by atoms with Gasteiger partial charge in [-0.05, 0) is 43.7 Å². The maximum atomic E-state index is 12.9. The summed E-state index contributed by atoms with van der Waals surface area (Å²) in [5.41, 5.74) is 0.611. The van der Waals surface area contributed by atoms with Gasteiger partial charge in [0.05, 0.1) is 0 Å². The summed E-state index contributed by atoms with van der Waals surface area (Å²) in [6, 6.07) is 3.48. The topological polar surface area (TPSA) is 84.2 Å². The fourth-order valence-corrected chi connectivity index (χ4v) is 3.87. The van der Waals surface area contributed by atoms with Gasteiger partial charge in [0.25, 0.3) is 5.91 Å². The molecule has 142 valence electrons. The highest BCUT2D eigenvalue weighted by molar-refractivity contribution is 5.94. The summed E-state index contributed by atoms with van der Waals surface area (Å²) >= 11 is 0. The SMILES string of the molecule is O=C1CCCCN1CC1CCN(C(=O)c2ccnc(-n3cncn3)c2)CC1. The van der Waals surface area contributed by atoms with E-state index in [1.54, 1.807) is 29.3 Å². The Bertz CT molecular complexity index is 798. The first-order valence-electron chi connectivity index (χ1n) is 9.59. The van der Waals surface area contributed by atoms with Crippen LogP contribution in [0.25, 0.3) is 5.82 Å². The number of amides is 2. The van der Waals surface area contributed by atoms with Gasteiger partial charge < -0.3 is 9.80 Å². The first kappa shape index (κ1) is 17.6. The van der Waals surface area contributed by atoms with Crippen LogP contribution < -0.4 is 0 Å². The molecule has 0 bridgehead atoms. The van der Waals surface area contributed by atoms with Crippen LogP contribution in [0.2, 0.25) is 0 Å². The molecule has 2 amide bonds. The molecule has 2 aromatic rings. The second-order valence-electron chi connectivity index (χ2n) is 7.28. The van der Waals surface area contributed by atoms with Crippen LogP contribution in [0.3, 0.4) is 0 Å². The molecule has 2 aliphatic heterocycles. The highest BCUT2D eigenvalue weighted by Crippen LogP contribution is 2.22. The van der Waals surface area contributed by atoms with Crippen LogP contribution in [-0.2, 0) is 4.79 Å². The minimum absolute atomic E-state index is 0.0197. The van der Waals surface area contributed by atoms with E-state index in [9.17, 15) is 9.59 Å². The Morgan fingerprint density at radius 3 is 2.78 bits per heavy atom. The van der Waals surface area contributed by atoms with Crippen molar-refractivity contribution in [2.45, 2.75) is 32.1 Å². The van der Waals surface area contributed by atoms with Gasteiger partial charge in [-0.2, -0.15) is 5.10 Å². The minimum atomic E-state index is 0.0197. The quantitative estimate of drug-likeness (QED) is 0.817. The van der Waals surface area contributed by atoms with Crippen LogP contribution >= 0.6 is 0 Å². The Labute approximate surface area is 158 Å². The van der Waals surface area contributed by atoms with Crippen LogP contribution in [-0.4, -0.2) is 67.5 Å². The summed E-state index contributed by atoms with van der Waals surface area (Å²) in [6.07, 6.45) is 9.32. The number of hydrogen-bond donors (Lipinski definition) is 0. The predicted molar refractivity (Wildman–Crippen MR) is 98.2 cm³/mol. The Kier molecular flexibility index (Phi) is 5.13. The summed E-state index contributed by atoms with van der Waals surface area (Å²) in [4.78, 5) is 36.9. The van der Waals surface area contributed by atoms with Gasteiger partial charge >= 0.3 is 0 Å². The summed E-state index contributed by atoms with van der Waals surface area (Å²) in [5, 5.41) is 4.06. The number of hydrogen-bond acceptors (Lipinski definition) is 5. The zero-order chi connectivity index (χ0) is 18.6. The standard InChI is InChI=1S/C19H24N6O2/c26-18-3-1-2-8-24(18)12-15-5-9-23(10-6-15)19(27)16-4-7-21-17(11-16)25-14-20-13-22-25/h4,7,11,13-15H,1-3,5-6,8-10,12H2. The molecule has 27 heavy (non-hydrogen) atoms. The van der Waals surface area contributed by atoms with Gasteiger partial charge in [-0.1, -0.05) is 0 Å². The molecule has 8 heteroatoms. The Morgan fingerprint density at radius 1 is 1.19 bits per heavy atom. The summed E-state index contributed by atoms with van der Waals surface area (Å²) in [7, 11) is 0. The van der Waals surface area contributed by atoms with E-state index < -0.39 is 0 Å². The molecular formula is C19H24N6O2. The maximum absolute atomic E-state index is 12.9. The summed E-state index contributed by atoms with van der Waals surface area (Å²) in [5.74, 6) is 1.37. The van der Waals surface area contributed by atoms with Gasteiger partial charge in [-0.15, -0.1) is 0 Å². The third kappa shape index (κ3) is 3.99. The van der Waals surface area contributed by atoms with Crippen molar-refractivity contribution in [2.24, 2.45) is 5.92 Å². The third-order valence-electron chi connectivity index (χ3n) is 5.45. The van der Waals surface area contributed by atoms with Crippen LogP contribution in [0.1, 0.15) is 42.5 Å². The van der Waals surface area contributed by atoms with E-state index in [0.717, 1.165) is 51.9 Å². The Hall–Kier alpha value is -2.77. The lowest BCUT2D eigenvalue weighted by Crippen LogP contribution is -2.44. The fourth-order valence-electron chi connectivity index (χ4n) is 3.87. The van der Waals surface area contributed by atoms with Crippen LogP contribution in [0, 0.1) is 5.92 Å². The number of nitrogens with zero attached hydrogens (tertiary/aromatic N) is 6. The number of piperidine rings is 2. The molecule has 0 spiro atoms. The highest BCUT2D eigenvalue weighted by Gasteiger charge is 2.27. The lowest BCUT2D eigenvalue weighted by molar-refractivity contribution is -0.134. The molecule has 4 rings (SSSR count). The van der Waals surface area contributed by atoms with Crippen molar-refractivity contribution in [2.75, 3.05) is 26.2 Å². The summed E-state index contributed by atoms with van der Waals surface area (Å²) in [6.45, 7) is 3.19. The van der Waals surface area contributed by atoms with E-state index in [0.29, 0.717) is 23.7 Å². The smallest absolute Gasteiger partial charge is 0.254 e. The first-order valence-corrected chi connectivity index (χ1v) is 9.59. The molecule has 2 aromatic heterocycles. The molecule has 2 saturated heterocycles. The van der Waals surface area contributed by atoms with Crippen molar-refractivity contribution >= 4 is 11.8 Å². The van der Waals surface area contributed by atoms with Gasteiger partial charge in [0, 0.05) is 44.4 Å². The van der Waals surface area contributed by atoms with Crippen molar-refractivity contribution in [1.82, 2.24) is 29.5 Å². The highest BCUT2D eigenvalue weighted by atomic mass is 16.2. The Balaban J connectivity index is 1.35. The van der Waals surface area contributed by atoms with Gasteiger partial charge in [0.2, 0.25) is 5.91 Å². The van der Waals surface area contributed by atoms with Crippen molar-refractivity contribution in [3.05, 3.63) is 36.5 Å². The molecule has 0 aromatic carbocycles. The molecular weight excluding hydrogens is 344 g/mol. The predicted octanol–water partition coefficient (Wildman–Crippen LogP) is 1.53. The molecule has 0 aliphatic carbocycles. The molecule has 0 unspecified atom stereocenters. The second-order valence-corrected chi connectivity index (χ2v) is 7.28. The van der Waals surface area contributed by atoms with Crippen molar-refractivity contribution in [1.29, 1.82) is 0 Å². The zero-order valence-electron chi connectivity index (χ0n) is 15.3. The molecule has 4 heterocycles. The maximum Gasteiger partial charge on any atom is 0.254 e. The molecule has 0 saturated carbocycles. The van der Waals surface area contributed by atoms with Crippen molar-refractivity contribution in [3.8, 4) is 5.82 Å². The number of rotatable bonds is 4. The average molecular weight is 368 g/mol. The van der Waals surface area contributed by atoms with Gasteiger partial charge in [-0.25, -0.2) is 14.6 Å².